The molecule has 0 aliphatic rings. The van der Waals surface area contributed by atoms with Gasteiger partial charge >= 0.3 is 0 Å². The minimum Gasteiger partial charge on any atom is -0.497 e. The van der Waals surface area contributed by atoms with Gasteiger partial charge in [-0.3, -0.25) is 0 Å². The van der Waals surface area contributed by atoms with Gasteiger partial charge in [-0.2, -0.15) is 0 Å². The predicted molar refractivity (Wildman–Crippen MR) is 84.9 cm³/mol. The summed E-state index contributed by atoms with van der Waals surface area (Å²) in [7, 11) is 1.64. The van der Waals surface area contributed by atoms with Gasteiger partial charge in [0, 0.05) is 16.2 Å². The third kappa shape index (κ3) is 4.52. The minimum absolute atomic E-state index is 0.263. The average Bonchev–Trinajstić information content (AvgIpc) is 2.52. The molecule has 4 heteroatoms. The van der Waals surface area contributed by atoms with Crippen molar-refractivity contribution in [2.24, 2.45) is 5.73 Å². The van der Waals surface area contributed by atoms with Gasteiger partial charge in [0.2, 0.25) is 0 Å². The molecule has 2 aromatic rings. The van der Waals surface area contributed by atoms with E-state index in [-0.39, 0.29) is 12.4 Å². The highest BCUT2D eigenvalue weighted by atomic mass is 32.2. The lowest BCUT2D eigenvalue weighted by Crippen LogP contribution is -1.95. The molecule has 0 radical (unpaired) electrons. The predicted octanol–water partition coefficient (Wildman–Crippen LogP) is 3.44. The second-order valence-corrected chi connectivity index (χ2v) is 5.32. The number of thioether (sulfide) groups is 1. The number of hydrogen-bond donors (Lipinski definition) is 1. The van der Waals surface area contributed by atoms with E-state index in [0.717, 1.165) is 16.2 Å². The second-order valence-electron chi connectivity index (χ2n) is 4.28. The molecule has 2 nitrogen and oxygen atoms in total. The molecule has 0 bridgehead atoms. The summed E-state index contributed by atoms with van der Waals surface area (Å²) in [5.74, 6) is 6.94. The lowest BCUT2D eigenvalue weighted by Gasteiger charge is -2.06. The number of benzene rings is 2. The van der Waals surface area contributed by atoms with E-state index in [9.17, 15) is 4.39 Å². The quantitative estimate of drug-likeness (QED) is 0.694. The number of nitrogens with two attached hydrogens (primary N) is 1. The van der Waals surface area contributed by atoms with Crippen molar-refractivity contribution in [1.29, 1.82) is 0 Å². The van der Waals surface area contributed by atoms with Gasteiger partial charge in [0.25, 0.3) is 0 Å². The van der Waals surface area contributed by atoms with Crippen molar-refractivity contribution in [3.63, 3.8) is 0 Å². The van der Waals surface area contributed by atoms with Gasteiger partial charge in [-0.1, -0.05) is 24.0 Å². The Labute approximate surface area is 128 Å². The van der Waals surface area contributed by atoms with Gasteiger partial charge in [-0.15, -0.1) is 11.8 Å². The molecule has 2 aromatic carbocycles. The zero-order valence-corrected chi connectivity index (χ0v) is 12.5. The van der Waals surface area contributed by atoms with Crippen LogP contribution in [0.1, 0.15) is 11.1 Å². The highest BCUT2D eigenvalue weighted by Gasteiger charge is 2.04. The van der Waals surface area contributed by atoms with Crippen LogP contribution in [0.4, 0.5) is 4.39 Å². The third-order valence-electron chi connectivity index (χ3n) is 2.83. The molecule has 0 aliphatic carbocycles. The van der Waals surface area contributed by atoms with Crippen LogP contribution in [-0.4, -0.2) is 13.7 Å². The Balaban J connectivity index is 2.15. The zero-order valence-electron chi connectivity index (χ0n) is 11.7. The lowest BCUT2D eigenvalue weighted by molar-refractivity contribution is 0.413. The Morgan fingerprint density at radius 3 is 2.86 bits per heavy atom. The van der Waals surface area contributed by atoms with Crippen molar-refractivity contribution in [2.45, 2.75) is 10.6 Å². The Morgan fingerprint density at radius 2 is 2.10 bits per heavy atom. The van der Waals surface area contributed by atoms with Crippen molar-refractivity contribution >= 4 is 11.8 Å². The molecule has 0 heterocycles. The van der Waals surface area contributed by atoms with Crippen molar-refractivity contribution in [3.8, 4) is 17.6 Å². The van der Waals surface area contributed by atoms with Crippen molar-refractivity contribution in [2.75, 3.05) is 13.7 Å². The van der Waals surface area contributed by atoms with Crippen LogP contribution in [0.3, 0.4) is 0 Å². The van der Waals surface area contributed by atoms with Crippen LogP contribution in [0, 0.1) is 17.7 Å². The Hall–Kier alpha value is -1.96. The summed E-state index contributed by atoms with van der Waals surface area (Å²) in [6, 6.07) is 12.5. The first-order chi connectivity index (χ1) is 10.2. The van der Waals surface area contributed by atoms with Gasteiger partial charge in [0.05, 0.1) is 13.7 Å². The van der Waals surface area contributed by atoms with E-state index >= 15 is 0 Å². The molecule has 0 spiro atoms. The maximum absolute atomic E-state index is 13.3. The molecule has 0 amide bonds. The fourth-order valence-corrected chi connectivity index (χ4v) is 2.74. The molecule has 0 saturated carbocycles. The SMILES string of the molecule is COc1cccc(SCc2ccc(F)cc2C#CCN)c1. The topological polar surface area (TPSA) is 35.2 Å². The summed E-state index contributed by atoms with van der Waals surface area (Å²) in [5.41, 5.74) is 7.06. The van der Waals surface area contributed by atoms with E-state index in [1.165, 1.54) is 12.1 Å². The van der Waals surface area contributed by atoms with Crippen LogP contribution in [0.5, 0.6) is 5.75 Å². The molecule has 2 rings (SSSR count). The maximum Gasteiger partial charge on any atom is 0.124 e. The van der Waals surface area contributed by atoms with Crippen LogP contribution in [-0.2, 0) is 5.75 Å². The van der Waals surface area contributed by atoms with Gasteiger partial charge in [0.15, 0.2) is 0 Å². The normalized spacial score (nSPS) is 9.86. The van der Waals surface area contributed by atoms with Crippen molar-refractivity contribution < 1.29 is 9.13 Å². The molecule has 0 saturated heterocycles. The zero-order chi connectivity index (χ0) is 15.1. The smallest absolute Gasteiger partial charge is 0.124 e. The maximum atomic E-state index is 13.3. The molecular weight excluding hydrogens is 285 g/mol. The molecule has 0 aromatic heterocycles. The van der Waals surface area contributed by atoms with Gasteiger partial charge in [0.1, 0.15) is 11.6 Å². The Kier molecular flexibility index (Phi) is 5.68. The number of rotatable bonds is 4. The number of ether oxygens (including phenoxy) is 1. The van der Waals surface area contributed by atoms with E-state index in [2.05, 4.69) is 11.8 Å². The molecule has 108 valence electrons. The summed E-state index contributed by atoms with van der Waals surface area (Å²) < 4.78 is 18.5. The number of methoxy groups -OCH3 is 1. The van der Waals surface area contributed by atoms with Gasteiger partial charge in [-0.25, -0.2) is 4.39 Å². The second kappa shape index (κ2) is 7.72. The molecule has 2 N–H and O–H groups in total. The summed E-state index contributed by atoms with van der Waals surface area (Å²) in [5, 5.41) is 0. The van der Waals surface area contributed by atoms with E-state index in [4.69, 9.17) is 10.5 Å². The number of halogens is 1. The standard InChI is InChI=1S/C17H16FNOS/c1-20-16-5-2-6-17(11-16)21-12-14-7-8-15(18)10-13(14)4-3-9-19/h2,5-8,10-11H,9,12,19H2,1H3. The van der Waals surface area contributed by atoms with E-state index < -0.39 is 0 Å². The van der Waals surface area contributed by atoms with Crippen molar-refractivity contribution in [1.82, 2.24) is 0 Å². The van der Waals surface area contributed by atoms with Crippen LogP contribution in [0.2, 0.25) is 0 Å². The first kappa shape index (κ1) is 15.4. The summed E-state index contributed by atoms with van der Waals surface area (Å²) in [6.07, 6.45) is 0. The van der Waals surface area contributed by atoms with Gasteiger partial charge in [-0.05, 0) is 35.9 Å². The van der Waals surface area contributed by atoms with Crippen LogP contribution >= 0.6 is 11.8 Å². The van der Waals surface area contributed by atoms with Crippen LogP contribution in [0.15, 0.2) is 47.4 Å². The average molecular weight is 301 g/mol. The first-order valence-corrected chi connectivity index (χ1v) is 7.45. The fraction of sp³-hybridized carbons (Fsp3) is 0.176. The summed E-state index contributed by atoms with van der Waals surface area (Å²) in [4.78, 5) is 1.09. The lowest BCUT2D eigenvalue weighted by atomic mass is 10.1. The van der Waals surface area contributed by atoms with E-state index in [0.29, 0.717) is 11.3 Å². The summed E-state index contributed by atoms with van der Waals surface area (Å²) >= 11 is 1.66. The van der Waals surface area contributed by atoms with E-state index in [1.54, 1.807) is 24.9 Å². The molecular formula is C17H16FNOS. The fourth-order valence-electron chi connectivity index (χ4n) is 1.79. The highest BCUT2D eigenvalue weighted by Crippen LogP contribution is 2.27. The molecule has 0 aliphatic heterocycles. The molecule has 0 unspecified atom stereocenters. The monoisotopic (exact) mass is 301 g/mol. The first-order valence-electron chi connectivity index (χ1n) is 6.47. The van der Waals surface area contributed by atoms with Crippen LogP contribution in [0.25, 0.3) is 0 Å². The Bertz CT molecular complexity index is 676. The highest BCUT2D eigenvalue weighted by molar-refractivity contribution is 7.98. The Morgan fingerprint density at radius 1 is 1.24 bits per heavy atom. The molecule has 21 heavy (non-hydrogen) atoms. The minimum atomic E-state index is -0.286. The largest absolute Gasteiger partial charge is 0.497 e. The molecule has 0 fully saturated rings. The third-order valence-corrected chi connectivity index (χ3v) is 3.88. The number of hydrogen-bond acceptors (Lipinski definition) is 3. The van der Waals surface area contributed by atoms with E-state index in [1.807, 2.05) is 24.3 Å². The van der Waals surface area contributed by atoms with Crippen molar-refractivity contribution in [3.05, 3.63) is 59.4 Å². The summed E-state index contributed by atoms with van der Waals surface area (Å²) in [6.45, 7) is 0.263. The van der Waals surface area contributed by atoms with Crippen LogP contribution < -0.4 is 10.5 Å². The van der Waals surface area contributed by atoms with Gasteiger partial charge < -0.3 is 10.5 Å². The molecule has 0 atom stereocenters.